The molecule has 0 amide bonds. The van der Waals surface area contributed by atoms with E-state index in [9.17, 15) is 0 Å². The highest BCUT2D eigenvalue weighted by Gasteiger charge is 2.12. The second kappa shape index (κ2) is 5.24. The molecule has 0 saturated heterocycles. The van der Waals surface area contributed by atoms with E-state index in [4.69, 9.17) is 22.2 Å². The molecule has 0 fully saturated rings. The van der Waals surface area contributed by atoms with Crippen molar-refractivity contribution >= 4 is 39.1 Å². The Kier molecular flexibility index (Phi) is 3.43. The monoisotopic (exact) mass is 306 g/mol. The maximum Gasteiger partial charge on any atom is 0.241 e. The van der Waals surface area contributed by atoms with Gasteiger partial charge < -0.3 is 4.74 Å². The minimum absolute atomic E-state index is 0.304. The lowest BCUT2D eigenvalue weighted by molar-refractivity contribution is 0.469. The Balaban J connectivity index is 2.07. The molecule has 0 bridgehead atoms. The molecule has 102 valence electrons. The summed E-state index contributed by atoms with van der Waals surface area (Å²) in [4.78, 5) is 9.28. The van der Waals surface area contributed by atoms with Crippen LogP contribution in [0.3, 0.4) is 0 Å². The Morgan fingerprint density at radius 1 is 1.30 bits per heavy atom. The van der Waals surface area contributed by atoms with Crippen molar-refractivity contribution in [3.8, 4) is 11.6 Å². The number of thiophene rings is 1. The van der Waals surface area contributed by atoms with Gasteiger partial charge in [0.2, 0.25) is 11.8 Å². The summed E-state index contributed by atoms with van der Waals surface area (Å²) in [6.07, 6.45) is 0. The average Bonchev–Trinajstić information content (AvgIpc) is 2.90. The average molecular weight is 307 g/mol. The number of aryl methyl sites for hydroxylation is 1. The fourth-order valence-electron chi connectivity index (χ4n) is 1.76. The van der Waals surface area contributed by atoms with Crippen LogP contribution in [0.1, 0.15) is 5.56 Å². The van der Waals surface area contributed by atoms with Crippen LogP contribution in [0.15, 0.2) is 29.6 Å². The molecule has 0 aliphatic rings. The van der Waals surface area contributed by atoms with Crippen molar-refractivity contribution in [2.45, 2.75) is 6.92 Å². The first-order valence-electron chi connectivity index (χ1n) is 5.83. The van der Waals surface area contributed by atoms with Crippen molar-refractivity contribution in [3.63, 3.8) is 0 Å². The van der Waals surface area contributed by atoms with Crippen LogP contribution in [-0.4, -0.2) is 9.97 Å². The number of halogens is 1. The Labute approximate surface area is 124 Å². The van der Waals surface area contributed by atoms with Crippen LogP contribution in [0.4, 0.5) is 5.95 Å². The van der Waals surface area contributed by atoms with Gasteiger partial charge in [0.05, 0.1) is 10.4 Å². The number of nitrogen functional groups attached to an aromatic ring is 1. The molecular formula is C13H11ClN4OS. The maximum absolute atomic E-state index is 6.17. The minimum Gasteiger partial charge on any atom is -0.437 e. The number of ether oxygens (including phenoxy) is 1. The van der Waals surface area contributed by atoms with Crippen molar-refractivity contribution in [2.24, 2.45) is 5.84 Å². The summed E-state index contributed by atoms with van der Waals surface area (Å²) in [6, 6.07) is 7.48. The van der Waals surface area contributed by atoms with Gasteiger partial charge in [-0.15, -0.1) is 11.3 Å². The highest BCUT2D eigenvalue weighted by Crippen LogP contribution is 2.34. The quantitative estimate of drug-likeness (QED) is 0.570. The predicted molar refractivity (Wildman–Crippen MR) is 81.5 cm³/mol. The lowest BCUT2D eigenvalue weighted by Crippen LogP contribution is -2.10. The van der Waals surface area contributed by atoms with Gasteiger partial charge in [0.25, 0.3) is 0 Å². The molecule has 0 aliphatic carbocycles. The number of aromatic nitrogens is 2. The first-order valence-corrected chi connectivity index (χ1v) is 7.09. The van der Waals surface area contributed by atoms with E-state index in [0.717, 1.165) is 15.8 Å². The highest BCUT2D eigenvalue weighted by molar-refractivity contribution is 7.16. The number of hydrogen-bond donors (Lipinski definition) is 2. The molecule has 3 N–H and O–H groups in total. The van der Waals surface area contributed by atoms with E-state index in [0.29, 0.717) is 22.6 Å². The number of hydrazine groups is 1. The van der Waals surface area contributed by atoms with Crippen LogP contribution >= 0.6 is 22.9 Å². The number of fused-ring (bicyclic) bond motifs is 1. The number of nitrogens with one attached hydrogen (secondary N) is 1. The Hall–Kier alpha value is -1.89. The molecule has 0 radical (unpaired) electrons. The molecule has 0 unspecified atom stereocenters. The third kappa shape index (κ3) is 2.40. The summed E-state index contributed by atoms with van der Waals surface area (Å²) < 4.78 is 5.81. The second-order valence-electron chi connectivity index (χ2n) is 4.17. The molecule has 7 heteroatoms. The first-order chi connectivity index (χ1) is 9.67. The molecule has 0 spiro atoms. The van der Waals surface area contributed by atoms with Crippen LogP contribution < -0.4 is 16.0 Å². The third-order valence-corrected chi connectivity index (χ3v) is 3.82. The van der Waals surface area contributed by atoms with E-state index in [1.165, 1.54) is 11.3 Å². The van der Waals surface area contributed by atoms with Gasteiger partial charge >= 0.3 is 0 Å². The van der Waals surface area contributed by atoms with Gasteiger partial charge in [0.1, 0.15) is 10.6 Å². The standard InChI is InChI=1S/C13H11ClN4OS/c1-7-2-3-10(9(14)6-7)19-11-8-4-5-20-12(8)17-13(16-11)18-15/h2-6H,15H2,1H3,(H,16,17,18). The zero-order valence-corrected chi connectivity index (χ0v) is 12.1. The van der Waals surface area contributed by atoms with Crippen LogP contribution in [0.2, 0.25) is 5.02 Å². The van der Waals surface area contributed by atoms with E-state index < -0.39 is 0 Å². The zero-order valence-electron chi connectivity index (χ0n) is 10.6. The molecular weight excluding hydrogens is 296 g/mol. The van der Waals surface area contributed by atoms with Crippen molar-refractivity contribution in [1.29, 1.82) is 0 Å². The Morgan fingerprint density at radius 2 is 2.15 bits per heavy atom. The lowest BCUT2D eigenvalue weighted by atomic mass is 10.2. The lowest BCUT2D eigenvalue weighted by Gasteiger charge is -2.09. The van der Waals surface area contributed by atoms with E-state index in [1.54, 1.807) is 0 Å². The van der Waals surface area contributed by atoms with Gasteiger partial charge in [-0.25, -0.2) is 10.8 Å². The van der Waals surface area contributed by atoms with Gasteiger partial charge in [0, 0.05) is 0 Å². The first kappa shape index (κ1) is 13.1. The number of anilines is 1. The van der Waals surface area contributed by atoms with Crippen LogP contribution in [0.25, 0.3) is 10.2 Å². The van der Waals surface area contributed by atoms with Gasteiger partial charge in [-0.05, 0) is 36.1 Å². The zero-order chi connectivity index (χ0) is 14.1. The smallest absolute Gasteiger partial charge is 0.241 e. The minimum atomic E-state index is 0.304. The Morgan fingerprint density at radius 3 is 2.90 bits per heavy atom. The highest BCUT2D eigenvalue weighted by atomic mass is 35.5. The summed E-state index contributed by atoms with van der Waals surface area (Å²) in [5, 5.41) is 3.28. The Bertz CT molecular complexity index is 774. The van der Waals surface area contributed by atoms with Crippen molar-refractivity contribution in [1.82, 2.24) is 9.97 Å². The SMILES string of the molecule is Cc1ccc(Oc2nc(NN)nc3sccc23)c(Cl)c1. The third-order valence-electron chi connectivity index (χ3n) is 2.71. The summed E-state index contributed by atoms with van der Waals surface area (Å²) >= 11 is 7.66. The van der Waals surface area contributed by atoms with Gasteiger partial charge in [-0.1, -0.05) is 17.7 Å². The molecule has 2 heterocycles. The summed E-state index contributed by atoms with van der Waals surface area (Å²) in [7, 11) is 0. The van der Waals surface area contributed by atoms with E-state index in [-0.39, 0.29) is 0 Å². The summed E-state index contributed by atoms with van der Waals surface area (Å²) in [5.74, 6) is 6.65. The van der Waals surface area contributed by atoms with Gasteiger partial charge in [-0.3, -0.25) is 5.43 Å². The number of benzene rings is 1. The topological polar surface area (TPSA) is 73.1 Å². The maximum atomic E-state index is 6.17. The second-order valence-corrected chi connectivity index (χ2v) is 5.47. The molecule has 2 aromatic heterocycles. The van der Waals surface area contributed by atoms with Gasteiger partial charge in [-0.2, -0.15) is 4.98 Å². The molecule has 20 heavy (non-hydrogen) atoms. The predicted octanol–water partition coefficient (Wildman–Crippen LogP) is 3.73. The largest absolute Gasteiger partial charge is 0.437 e. The van der Waals surface area contributed by atoms with Crippen molar-refractivity contribution in [3.05, 3.63) is 40.2 Å². The van der Waals surface area contributed by atoms with Crippen molar-refractivity contribution in [2.75, 3.05) is 5.43 Å². The molecule has 5 nitrogen and oxygen atoms in total. The van der Waals surface area contributed by atoms with Crippen LogP contribution in [0, 0.1) is 6.92 Å². The van der Waals surface area contributed by atoms with E-state index >= 15 is 0 Å². The normalized spacial score (nSPS) is 10.8. The molecule has 0 atom stereocenters. The fourth-order valence-corrected chi connectivity index (χ4v) is 2.79. The summed E-state index contributed by atoms with van der Waals surface area (Å²) in [6.45, 7) is 1.97. The van der Waals surface area contributed by atoms with Gasteiger partial charge in [0.15, 0.2) is 0 Å². The van der Waals surface area contributed by atoms with Crippen LogP contribution in [-0.2, 0) is 0 Å². The van der Waals surface area contributed by atoms with Crippen LogP contribution in [0.5, 0.6) is 11.6 Å². The molecule has 3 rings (SSSR count). The van der Waals surface area contributed by atoms with E-state index in [2.05, 4.69) is 15.4 Å². The molecule has 0 aliphatic heterocycles. The van der Waals surface area contributed by atoms with Crippen molar-refractivity contribution < 1.29 is 4.74 Å². The molecule has 0 saturated carbocycles. The van der Waals surface area contributed by atoms with E-state index in [1.807, 2.05) is 36.6 Å². The fraction of sp³-hybridized carbons (Fsp3) is 0.0769. The molecule has 3 aromatic rings. The molecule has 1 aromatic carbocycles. The number of nitrogens with zero attached hydrogens (tertiary/aromatic N) is 2. The summed E-state index contributed by atoms with van der Waals surface area (Å²) in [5.41, 5.74) is 3.50. The number of rotatable bonds is 3. The number of hydrogen-bond acceptors (Lipinski definition) is 6. The number of nitrogens with two attached hydrogens (primary N) is 1.